The third kappa shape index (κ3) is 6.39. The van der Waals surface area contributed by atoms with Gasteiger partial charge in [0.25, 0.3) is 0 Å². The van der Waals surface area contributed by atoms with E-state index in [2.05, 4.69) is 24.2 Å². The molecule has 0 aromatic heterocycles. The molecule has 1 N–H and O–H groups in total. The molecule has 0 radical (unpaired) electrons. The highest BCUT2D eigenvalue weighted by molar-refractivity contribution is 5.16. The number of halogens is 1. The second kappa shape index (κ2) is 8.20. The van der Waals surface area contributed by atoms with Crippen molar-refractivity contribution in [2.24, 2.45) is 0 Å². The molecule has 0 saturated heterocycles. The van der Waals surface area contributed by atoms with Gasteiger partial charge < -0.3 is 10.2 Å². The predicted molar refractivity (Wildman–Crippen MR) is 70.8 cm³/mol. The number of hydrogen-bond donors (Lipinski definition) is 1. The smallest absolute Gasteiger partial charge is 0.123 e. The molecule has 0 aliphatic heterocycles. The zero-order valence-corrected chi connectivity index (χ0v) is 10.9. The van der Waals surface area contributed by atoms with E-state index in [1.165, 1.54) is 12.5 Å². The fraction of sp³-hybridized carbons (Fsp3) is 0.571. The highest BCUT2D eigenvalue weighted by atomic mass is 19.1. The SMILES string of the molecule is CCCNCCN(C)CCc1cccc(F)c1. The number of hydrogen-bond acceptors (Lipinski definition) is 2. The summed E-state index contributed by atoms with van der Waals surface area (Å²) >= 11 is 0. The van der Waals surface area contributed by atoms with Crippen LogP contribution in [0, 0.1) is 5.82 Å². The quantitative estimate of drug-likeness (QED) is 0.699. The van der Waals surface area contributed by atoms with Crippen LogP contribution in [0.1, 0.15) is 18.9 Å². The Labute approximate surface area is 104 Å². The van der Waals surface area contributed by atoms with Gasteiger partial charge >= 0.3 is 0 Å². The fourth-order valence-corrected chi connectivity index (χ4v) is 1.70. The van der Waals surface area contributed by atoms with Crippen LogP contribution in [0.2, 0.25) is 0 Å². The maximum atomic E-state index is 13.0. The van der Waals surface area contributed by atoms with E-state index < -0.39 is 0 Å². The Balaban J connectivity index is 2.17. The molecule has 0 spiro atoms. The van der Waals surface area contributed by atoms with Crippen molar-refractivity contribution >= 4 is 0 Å². The summed E-state index contributed by atoms with van der Waals surface area (Å²) in [4.78, 5) is 2.27. The molecule has 1 aromatic carbocycles. The maximum absolute atomic E-state index is 13.0. The first-order chi connectivity index (χ1) is 8.22. The summed E-state index contributed by atoms with van der Waals surface area (Å²) in [6.07, 6.45) is 2.08. The molecule has 0 aliphatic carbocycles. The van der Waals surface area contributed by atoms with E-state index in [0.29, 0.717) is 0 Å². The molecular formula is C14H23FN2. The van der Waals surface area contributed by atoms with Crippen molar-refractivity contribution in [3.8, 4) is 0 Å². The molecule has 0 atom stereocenters. The molecular weight excluding hydrogens is 215 g/mol. The van der Waals surface area contributed by atoms with Crippen LogP contribution in [-0.2, 0) is 6.42 Å². The summed E-state index contributed by atoms with van der Waals surface area (Å²) in [5.74, 6) is -0.144. The number of likely N-dealkylation sites (N-methyl/N-ethyl adjacent to an activating group) is 1. The standard InChI is InChI=1S/C14H23FN2/c1-3-8-16-9-11-17(2)10-7-13-5-4-6-14(15)12-13/h4-6,12,16H,3,7-11H2,1-2H3. The van der Waals surface area contributed by atoms with E-state index >= 15 is 0 Å². The van der Waals surface area contributed by atoms with Crippen molar-refractivity contribution in [3.63, 3.8) is 0 Å². The highest BCUT2D eigenvalue weighted by Gasteiger charge is 2.00. The van der Waals surface area contributed by atoms with Crippen LogP contribution >= 0.6 is 0 Å². The zero-order valence-electron chi connectivity index (χ0n) is 10.9. The normalized spacial score (nSPS) is 11.1. The van der Waals surface area contributed by atoms with Gasteiger partial charge in [-0.1, -0.05) is 19.1 Å². The van der Waals surface area contributed by atoms with Gasteiger partial charge in [0.15, 0.2) is 0 Å². The van der Waals surface area contributed by atoms with Crippen LogP contribution in [-0.4, -0.2) is 38.1 Å². The minimum absolute atomic E-state index is 0.144. The lowest BCUT2D eigenvalue weighted by atomic mass is 10.1. The first-order valence-corrected chi connectivity index (χ1v) is 6.36. The Morgan fingerprint density at radius 1 is 1.24 bits per heavy atom. The summed E-state index contributed by atoms with van der Waals surface area (Å²) in [5, 5.41) is 3.37. The Morgan fingerprint density at radius 3 is 2.76 bits per heavy atom. The number of benzene rings is 1. The average molecular weight is 238 g/mol. The third-order valence-corrected chi connectivity index (χ3v) is 2.77. The molecule has 96 valence electrons. The first-order valence-electron chi connectivity index (χ1n) is 6.36. The van der Waals surface area contributed by atoms with E-state index in [1.54, 1.807) is 12.1 Å². The van der Waals surface area contributed by atoms with Crippen LogP contribution in [0.5, 0.6) is 0 Å². The van der Waals surface area contributed by atoms with Gasteiger partial charge in [-0.25, -0.2) is 4.39 Å². The molecule has 0 fully saturated rings. The van der Waals surface area contributed by atoms with Gasteiger partial charge in [0, 0.05) is 19.6 Å². The third-order valence-electron chi connectivity index (χ3n) is 2.77. The number of nitrogens with one attached hydrogen (secondary N) is 1. The van der Waals surface area contributed by atoms with Gasteiger partial charge in [0.1, 0.15) is 5.82 Å². The van der Waals surface area contributed by atoms with E-state index in [1.807, 2.05) is 6.07 Å². The van der Waals surface area contributed by atoms with Gasteiger partial charge in [0.05, 0.1) is 0 Å². The number of nitrogens with zero attached hydrogens (tertiary/aromatic N) is 1. The van der Waals surface area contributed by atoms with Crippen LogP contribution in [0.4, 0.5) is 4.39 Å². The topological polar surface area (TPSA) is 15.3 Å². The highest BCUT2D eigenvalue weighted by Crippen LogP contribution is 2.04. The van der Waals surface area contributed by atoms with Crippen molar-refractivity contribution in [2.45, 2.75) is 19.8 Å². The van der Waals surface area contributed by atoms with Crippen LogP contribution < -0.4 is 5.32 Å². The minimum atomic E-state index is -0.144. The van der Waals surface area contributed by atoms with Gasteiger partial charge in [-0.05, 0) is 44.1 Å². The lowest BCUT2D eigenvalue weighted by Gasteiger charge is -2.16. The second-order valence-corrected chi connectivity index (χ2v) is 4.43. The predicted octanol–water partition coefficient (Wildman–Crippen LogP) is 2.30. The van der Waals surface area contributed by atoms with Gasteiger partial charge in [0.2, 0.25) is 0 Å². The molecule has 2 nitrogen and oxygen atoms in total. The van der Waals surface area contributed by atoms with Gasteiger partial charge in [-0.3, -0.25) is 0 Å². The van der Waals surface area contributed by atoms with Crippen LogP contribution in [0.15, 0.2) is 24.3 Å². The van der Waals surface area contributed by atoms with Crippen molar-refractivity contribution in [2.75, 3.05) is 33.2 Å². The van der Waals surface area contributed by atoms with E-state index in [-0.39, 0.29) is 5.82 Å². The Bertz CT molecular complexity index is 315. The molecule has 1 aromatic rings. The molecule has 0 aliphatic rings. The fourth-order valence-electron chi connectivity index (χ4n) is 1.70. The molecule has 0 unspecified atom stereocenters. The average Bonchev–Trinajstić information content (AvgIpc) is 2.32. The Morgan fingerprint density at radius 2 is 2.06 bits per heavy atom. The lowest BCUT2D eigenvalue weighted by molar-refractivity contribution is 0.335. The van der Waals surface area contributed by atoms with Crippen molar-refractivity contribution in [1.29, 1.82) is 0 Å². The molecule has 1 rings (SSSR count). The first kappa shape index (κ1) is 14.1. The molecule has 0 saturated carbocycles. The van der Waals surface area contributed by atoms with Gasteiger partial charge in [-0.15, -0.1) is 0 Å². The summed E-state index contributed by atoms with van der Waals surface area (Å²) in [6, 6.07) is 6.85. The molecule has 3 heteroatoms. The van der Waals surface area contributed by atoms with E-state index in [4.69, 9.17) is 0 Å². The lowest BCUT2D eigenvalue weighted by Crippen LogP contribution is -2.31. The second-order valence-electron chi connectivity index (χ2n) is 4.43. The Kier molecular flexibility index (Phi) is 6.82. The summed E-state index contributed by atoms with van der Waals surface area (Å²) in [7, 11) is 2.10. The van der Waals surface area contributed by atoms with E-state index in [0.717, 1.165) is 38.2 Å². The Hall–Kier alpha value is -0.930. The van der Waals surface area contributed by atoms with Gasteiger partial charge in [-0.2, -0.15) is 0 Å². The number of rotatable bonds is 8. The monoisotopic (exact) mass is 238 g/mol. The van der Waals surface area contributed by atoms with Crippen LogP contribution in [0.25, 0.3) is 0 Å². The summed E-state index contributed by atoms with van der Waals surface area (Å²) in [5.41, 5.74) is 1.07. The summed E-state index contributed by atoms with van der Waals surface area (Å²) in [6.45, 7) is 6.28. The largest absolute Gasteiger partial charge is 0.315 e. The molecule has 0 bridgehead atoms. The molecule has 0 heterocycles. The van der Waals surface area contributed by atoms with Crippen LogP contribution in [0.3, 0.4) is 0 Å². The zero-order chi connectivity index (χ0) is 12.5. The molecule has 17 heavy (non-hydrogen) atoms. The van der Waals surface area contributed by atoms with Crippen molar-refractivity contribution < 1.29 is 4.39 Å². The molecule has 0 amide bonds. The van der Waals surface area contributed by atoms with Crippen molar-refractivity contribution in [1.82, 2.24) is 10.2 Å². The summed E-state index contributed by atoms with van der Waals surface area (Å²) < 4.78 is 13.0. The van der Waals surface area contributed by atoms with E-state index in [9.17, 15) is 4.39 Å². The minimum Gasteiger partial charge on any atom is -0.315 e. The van der Waals surface area contributed by atoms with Crippen molar-refractivity contribution in [3.05, 3.63) is 35.6 Å². The maximum Gasteiger partial charge on any atom is 0.123 e.